The summed E-state index contributed by atoms with van der Waals surface area (Å²) in [5.74, 6) is 0.111. The van der Waals surface area contributed by atoms with Crippen LogP contribution in [0, 0.1) is 16.7 Å². The van der Waals surface area contributed by atoms with Gasteiger partial charge in [0.2, 0.25) is 0 Å². The van der Waals surface area contributed by atoms with Crippen molar-refractivity contribution in [3.8, 4) is 0 Å². The first-order valence-electron chi connectivity index (χ1n) is 6.72. The van der Waals surface area contributed by atoms with Crippen molar-refractivity contribution >= 4 is 5.97 Å². The molecule has 0 aromatic carbocycles. The summed E-state index contributed by atoms with van der Waals surface area (Å²) in [4.78, 5) is 13.8. The lowest BCUT2D eigenvalue weighted by Gasteiger charge is -2.51. The Balaban J connectivity index is 1.99. The van der Waals surface area contributed by atoms with Crippen molar-refractivity contribution in [2.24, 2.45) is 16.7 Å². The summed E-state index contributed by atoms with van der Waals surface area (Å²) in [6, 6.07) is 0.263. The Bertz CT molecular complexity index is 315. The van der Waals surface area contributed by atoms with Crippen LogP contribution in [0.15, 0.2) is 0 Å². The molecule has 0 amide bonds. The highest BCUT2D eigenvalue weighted by Crippen LogP contribution is 2.45. The average Bonchev–Trinajstić information content (AvgIpc) is 2.44. The molecule has 0 radical (unpaired) electrons. The number of hydrogen-bond donors (Lipinski definition) is 1. The van der Waals surface area contributed by atoms with E-state index >= 15 is 0 Å². The number of hydrogen-bond acceptors (Lipinski definition) is 2. The molecule has 1 saturated heterocycles. The Morgan fingerprint density at radius 2 is 1.94 bits per heavy atom. The maximum Gasteiger partial charge on any atom is 0.310 e. The number of nitrogens with zero attached hydrogens (tertiary/aromatic N) is 1. The van der Waals surface area contributed by atoms with Gasteiger partial charge in [0.05, 0.1) is 5.41 Å². The summed E-state index contributed by atoms with van der Waals surface area (Å²) < 4.78 is 0. The largest absolute Gasteiger partial charge is 0.481 e. The number of rotatable bonds is 2. The monoisotopic (exact) mass is 239 g/mol. The molecular formula is C14H25NO2. The number of likely N-dealkylation sites (tertiary alicyclic amines) is 1. The Hall–Kier alpha value is -0.570. The predicted molar refractivity (Wildman–Crippen MR) is 67.9 cm³/mol. The molecule has 0 bridgehead atoms. The van der Waals surface area contributed by atoms with E-state index in [1.54, 1.807) is 0 Å². The third kappa shape index (κ3) is 2.10. The molecule has 2 rings (SSSR count). The summed E-state index contributed by atoms with van der Waals surface area (Å²) in [5, 5.41) is 9.41. The van der Waals surface area contributed by atoms with E-state index in [1.807, 2.05) is 6.92 Å². The van der Waals surface area contributed by atoms with Gasteiger partial charge < -0.3 is 5.11 Å². The first-order chi connectivity index (χ1) is 7.75. The highest BCUT2D eigenvalue weighted by molar-refractivity contribution is 5.75. The molecule has 0 spiro atoms. The van der Waals surface area contributed by atoms with Crippen LogP contribution in [0.2, 0.25) is 0 Å². The first kappa shape index (κ1) is 12.9. The predicted octanol–water partition coefficient (Wildman–Crippen LogP) is 2.61. The molecule has 1 aliphatic heterocycles. The summed E-state index contributed by atoms with van der Waals surface area (Å²) in [6.07, 6.45) is 2.95. The molecule has 1 heterocycles. The van der Waals surface area contributed by atoms with Gasteiger partial charge in [-0.05, 0) is 31.1 Å². The van der Waals surface area contributed by atoms with Crippen LogP contribution < -0.4 is 0 Å². The van der Waals surface area contributed by atoms with E-state index in [2.05, 4.69) is 25.7 Å². The van der Waals surface area contributed by atoms with Crippen molar-refractivity contribution in [2.45, 2.75) is 53.0 Å². The van der Waals surface area contributed by atoms with Gasteiger partial charge in [0.25, 0.3) is 0 Å². The fourth-order valence-corrected chi connectivity index (χ4v) is 3.30. The lowest BCUT2D eigenvalue weighted by molar-refractivity contribution is -0.153. The van der Waals surface area contributed by atoms with Gasteiger partial charge in [-0.25, -0.2) is 0 Å². The minimum absolute atomic E-state index is 0.263. The second-order valence-corrected chi connectivity index (χ2v) is 7.15. The van der Waals surface area contributed by atoms with Crippen LogP contribution in [-0.4, -0.2) is 35.1 Å². The minimum atomic E-state index is -0.612. The Morgan fingerprint density at radius 3 is 2.41 bits per heavy atom. The van der Waals surface area contributed by atoms with E-state index < -0.39 is 11.4 Å². The normalized spacial score (nSPS) is 35.9. The Morgan fingerprint density at radius 1 is 1.35 bits per heavy atom. The van der Waals surface area contributed by atoms with Gasteiger partial charge >= 0.3 is 5.97 Å². The van der Waals surface area contributed by atoms with Crippen LogP contribution in [0.4, 0.5) is 0 Å². The van der Waals surface area contributed by atoms with E-state index in [0.29, 0.717) is 5.41 Å². The lowest BCUT2D eigenvalue weighted by Crippen LogP contribution is -2.60. The molecule has 2 aliphatic rings. The third-order valence-corrected chi connectivity index (χ3v) is 4.97. The van der Waals surface area contributed by atoms with Crippen molar-refractivity contribution in [1.82, 2.24) is 4.90 Å². The zero-order valence-electron chi connectivity index (χ0n) is 11.5. The number of carbonyl (C=O) groups is 1. The SMILES string of the molecule is CC(C)(C)C1CN(C2CCCC2(C)C(=O)O)C1. The molecule has 1 aliphatic carbocycles. The van der Waals surface area contributed by atoms with Crippen molar-refractivity contribution in [3.05, 3.63) is 0 Å². The average molecular weight is 239 g/mol. The topological polar surface area (TPSA) is 40.5 Å². The maximum atomic E-state index is 11.4. The summed E-state index contributed by atoms with van der Waals surface area (Å²) >= 11 is 0. The highest BCUT2D eigenvalue weighted by atomic mass is 16.4. The second kappa shape index (κ2) is 3.98. The fraction of sp³-hybridized carbons (Fsp3) is 0.929. The van der Waals surface area contributed by atoms with Crippen molar-refractivity contribution < 1.29 is 9.90 Å². The number of aliphatic carboxylic acids is 1. The molecule has 1 N–H and O–H groups in total. The van der Waals surface area contributed by atoms with Gasteiger partial charge in [0.1, 0.15) is 0 Å². The van der Waals surface area contributed by atoms with Gasteiger partial charge in [-0.15, -0.1) is 0 Å². The molecular weight excluding hydrogens is 214 g/mol. The van der Waals surface area contributed by atoms with Gasteiger partial charge in [-0.3, -0.25) is 9.69 Å². The summed E-state index contributed by atoms with van der Waals surface area (Å²) in [5.41, 5.74) is -0.155. The molecule has 17 heavy (non-hydrogen) atoms. The standard InChI is InChI=1S/C14H25NO2/c1-13(2,3)10-8-15(9-10)11-6-5-7-14(11,4)12(16)17/h10-11H,5-9H2,1-4H3,(H,16,17). The van der Waals surface area contributed by atoms with Crippen LogP contribution in [0.5, 0.6) is 0 Å². The Labute approximate surface area is 104 Å². The van der Waals surface area contributed by atoms with Crippen molar-refractivity contribution in [3.63, 3.8) is 0 Å². The first-order valence-corrected chi connectivity index (χ1v) is 6.72. The smallest absolute Gasteiger partial charge is 0.310 e. The zero-order chi connectivity index (χ0) is 12.8. The zero-order valence-corrected chi connectivity index (χ0v) is 11.5. The van der Waals surface area contributed by atoms with E-state index in [1.165, 1.54) is 0 Å². The van der Waals surface area contributed by atoms with E-state index in [4.69, 9.17) is 0 Å². The molecule has 98 valence electrons. The van der Waals surface area contributed by atoms with Gasteiger partial charge in [0.15, 0.2) is 0 Å². The van der Waals surface area contributed by atoms with Crippen molar-refractivity contribution in [2.75, 3.05) is 13.1 Å². The van der Waals surface area contributed by atoms with Gasteiger partial charge in [-0.2, -0.15) is 0 Å². The fourth-order valence-electron chi connectivity index (χ4n) is 3.30. The molecule has 3 heteroatoms. The quantitative estimate of drug-likeness (QED) is 0.805. The lowest BCUT2D eigenvalue weighted by atomic mass is 9.73. The Kier molecular flexibility index (Phi) is 3.01. The molecule has 2 atom stereocenters. The van der Waals surface area contributed by atoms with Crippen LogP contribution >= 0.6 is 0 Å². The van der Waals surface area contributed by atoms with Gasteiger partial charge in [0, 0.05) is 19.1 Å². The third-order valence-electron chi connectivity index (χ3n) is 4.97. The second-order valence-electron chi connectivity index (χ2n) is 7.15. The van der Waals surface area contributed by atoms with Crippen LogP contribution in [0.25, 0.3) is 0 Å². The maximum absolute atomic E-state index is 11.4. The molecule has 1 saturated carbocycles. The minimum Gasteiger partial charge on any atom is -0.481 e. The molecule has 0 aromatic heterocycles. The van der Waals surface area contributed by atoms with Crippen molar-refractivity contribution in [1.29, 1.82) is 0 Å². The number of carboxylic acid groups (broad SMARTS) is 1. The van der Waals surface area contributed by atoms with Crippen LogP contribution in [-0.2, 0) is 4.79 Å². The van der Waals surface area contributed by atoms with Gasteiger partial charge in [-0.1, -0.05) is 27.2 Å². The molecule has 0 aromatic rings. The highest BCUT2D eigenvalue weighted by Gasteiger charge is 2.51. The summed E-state index contributed by atoms with van der Waals surface area (Å²) in [7, 11) is 0. The number of carboxylic acids is 1. The van der Waals surface area contributed by atoms with Crippen LogP contribution in [0.3, 0.4) is 0 Å². The van der Waals surface area contributed by atoms with E-state index in [-0.39, 0.29) is 6.04 Å². The molecule has 2 unspecified atom stereocenters. The van der Waals surface area contributed by atoms with Crippen LogP contribution in [0.1, 0.15) is 47.0 Å². The van der Waals surface area contributed by atoms with E-state index in [9.17, 15) is 9.90 Å². The van der Waals surface area contributed by atoms with E-state index in [0.717, 1.165) is 38.3 Å². The molecule has 3 nitrogen and oxygen atoms in total. The summed E-state index contributed by atoms with van der Waals surface area (Å²) in [6.45, 7) is 10.9. The molecule has 2 fully saturated rings.